The Balaban J connectivity index is 1.85. The molecule has 2 aromatic rings. The van der Waals surface area contributed by atoms with Gasteiger partial charge in [0.05, 0.1) is 17.0 Å². The van der Waals surface area contributed by atoms with Crippen LogP contribution in [0.1, 0.15) is 10.4 Å². The van der Waals surface area contributed by atoms with Gasteiger partial charge in [0.15, 0.2) is 5.75 Å². The minimum absolute atomic E-state index is 0.0302. The van der Waals surface area contributed by atoms with Crippen molar-refractivity contribution in [1.82, 2.24) is 5.32 Å². The predicted molar refractivity (Wildman–Crippen MR) is 106 cm³/mol. The van der Waals surface area contributed by atoms with Gasteiger partial charge in [0.25, 0.3) is 11.6 Å². The van der Waals surface area contributed by atoms with Crippen molar-refractivity contribution in [3.8, 4) is 5.75 Å². The average molecular weight is 401 g/mol. The van der Waals surface area contributed by atoms with Crippen LogP contribution >= 0.6 is 0 Å². The van der Waals surface area contributed by atoms with E-state index in [0.717, 1.165) is 19.2 Å². The van der Waals surface area contributed by atoms with Gasteiger partial charge in [-0.25, -0.2) is 0 Å². The molecule has 0 saturated carbocycles. The largest absolute Gasteiger partial charge is 0.490 e. The third-order valence-electron chi connectivity index (χ3n) is 4.53. The first-order valence-electron chi connectivity index (χ1n) is 8.78. The summed E-state index contributed by atoms with van der Waals surface area (Å²) in [6.07, 6.45) is 0. The molecule has 0 aromatic heterocycles. The van der Waals surface area contributed by atoms with Gasteiger partial charge in [-0.05, 0) is 24.3 Å². The number of methoxy groups -OCH3 is 1. The Morgan fingerprint density at radius 3 is 2.38 bits per heavy atom. The number of piperazine rings is 1. The zero-order valence-corrected chi connectivity index (χ0v) is 15.6. The number of hydrogen-bond acceptors (Lipinski definition) is 8. The van der Waals surface area contributed by atoms with E-state index in [9.17, 15) is 25.0 Å². The number of nitro groups is 2. The van der Waals surface area contributed by atoms with Crippen LogP contribution in [0.3, 0.4) is 0 Å². The molecule has 11 nitrogen and oxygen atoms in total. The van der Waals surface area contributed by atoms with E-state index in [4.69, 9.17) is 4.74 Å². The standard InChI is InChI=1S/C18H19N5O6/c1-29-17-5-2-12(10-16(17)23(27)28)18(24)20-13-3-4-14(15(11-13)22(25)26)21-8-6-19-7-9-21/h2-5,10-11,19H,6-9H2,1H3,(H,20,24). The van der Waals surface area contributed by atoms with Crippen molar-refractivity contribution in [2.24, 2.45) is 0 Å². The topological polar surface area (TPSA) is 140 Å². The highest BCUT2D eigenvalue weighted by atomic mass is 16.6. The van der Waals surface area contributed by atoms with Gasteiger partial charge in [0.1, 0.15) is 5.69 Å². The number of carbonyl (C=O) groups is 1. The highest BCUT2D eigenvalue weighted by Gasteiger charge is 2.23. The van der Waals surface area contributed by atoms with Crippen LogP contribution < -0.4 is 20.3 Å². The molecular formula is C18H19N5O6. The first kappa shape index (κ1) is 20.0. The quantitative estimate of drug-likeness (QED) is 0.554. The summed E-state index contributed by atoms with van der Waals surface area (Å²) in [5, 5.41) is 28.4. The Labute approximate surface area is 165 Å². The zero-order chi connectivity index (χ0) is 21.0. The smallest absolute Gasteiger partial charge is 0.311 e. The minimum Gasteiger partial charge on any atom is -0.490 e. The normalized spacial score (nSPS) is 13.6. The van der Waals surface area contributed by atoms with E-state index < -0.39 is 15.8 Å². The van der Waals surface area contributed by atoms with E-state index in [0.29, 0.717) is 18.8 Å². The van der Waals surface area contributed by atoms with E-state index in [1.807, 2.05) is 4.90 Å². The molecule has 0 aliphatic carbocycles. The van der Waals surface area contributed by atoms with E-state index in [2.05, 4.69) is 10.6 Å². The predicted octanol–water partition coefficient (Wildman–Crippen LogP) is 2.17. The summed E-state index contributed by atoms with van der Waals surface area (Å²) in [5.74, 6) is -0.595. The number of carbonyl (C=O) groups excluding carboxylic acids is 1. The van der Waals surface area contributed by atoms with Gasteiger partial charge in [-0.1, -0.05) is 0 Å². The lowest BCUT2D eigenvalue weighted by atomic mass is 10.1. The van der Waals surface area contributed by atoms with Gasteiger partial charge in [-0.2, -0.15) is 0 Å². The molecule has 152 valence electrons. The maximum Gasteiger partial charge on any atom is 0.311 e. The molecule has 0 spiro atoms. The molecule has 29 heavy (non-hydrogen) atoms. The van der Waals surface area contributed by atoms with Crippen LogP contribution in [0.4, 0.5) is 22.7 Å². The fourth-order valence-electron chi connectivity index (χ4n) is 3.10. The van der Waals surface area contributed by atoms with Gasteiger partial charge >= 0.3 is 5.69 Å². The van der Waals surface area contributed by atoms with Gasteiger partial charge in [0.2, 0.25) is 0 Å². The van der Waals surface area contributed by atoms with E-state index >= 15 is 0 Å². The van der Waals surface area contributed by atoms with E-state index in [1.54, 1.807) is 12.1 Å². The van der Waals surface area contributed by atoms with Crippen molar-refractivity contribution in [2.45, 2.75) is 0 Å². The van der Waals surface area contributed by atoms with E-state index in [-0.39, 0.29) is 28.4 Å². The number of nitrogens with zero attached hydrogens (tertiary/aromatic N) is 3. The molecule has 1 aliphatic rings. The maximum absolute atomic E-state index is 12.5. The Bertz CT molecular complexity index is 958. The van der Waals surface area contributed by atoms with Crippen molar-refractivity contribution < 1.29 is 19.4 Å². The summed E-state index contributed by atoms with van der Waals surface area (Å²) < 4.78 is 4.92. The number of benzene rings is 2. The summed E-state index contributed by atoms with van der Waals surface area (Å²) in [6, 6.07) is 8.24. The van der Waals surface area contributed by atoms with Crippen molar-refractivity contribution in [2.75, 3.05) is 43.5 Å². The van der Waals surface area contributed by atoms with Crippen LogP contribution in [0.15, 0.2) is 36.4 Å². The van der Waals surface area contributed by atoms with Crippen molar-refractivity contribution >= 4 is 28.7 Å². The molecule has 11 heteroatoms. The number of nitrogens with one attached hydrogen (secondary N) is 2. The lowest BCUT2D eigenvalue weighted by molar-refractivity contribution is -0.385. The van der Waals surface area contributed by atoms with Crippen LogP contribution in [0.2, 0.25) is 0 Å². The molecule has 1 saturated heterocycles. The minimum atomic E-state index is -0.650. The third-order valence-corrected chi connectivity index (χ3v) is 4.53. The van der Waals surface area contributed by atoms with Gasteiger partial charge in [0, 0.05) is 49.6 Å². The number of nitro benzene ring substituents is 2. The second-order valence-electron chi connectivity index (χ2n) is 6.30. The number of ether oxygens (including phenoxy) is 1. The first-order chi connectivity index (χ1) is 13.9. The van der Waals surface area contributed by atoms with E-state index in [1.165, 1.54) is 25.3 Å². The second-order valence-corrected chi connectivity index (χ2v) is 6.30. The lowest BCUT2D eigenvalue weighted by Gasteiger charge is -2.29. The Kier molecular flexibility index (Phi) is 5.88. The van der Waals surface area contributed by atoms with Crippen LogP contribution in [-0.4, -0.2) is 49.0 Å². The monoisotopic (exact) mass is 401 g/mol. The Hall–Kier alpha value is -3.73. The summed E-state index contributed by atoms with van der Waals surface area (Å²) in [5.41, 5.74) is 0.269. The van der Waals surface area contributed by atoms with Crippen molar-refractivity contribution in [3.05, 3.63) is 62.2 Å². The Morgan fingerprint density at radius 1 is 1.07 bits per heavy atom. The zero-order valence-electron chi connectivity index (χ0n) is 15.6. The van der Waals surface area contributed by atoms with Crippen molar-refractivity contribution in [3.63, 3.8) is 0 Å². The fourth-order valence-corrected chi connectivity index (χ4v) is 3.10. The first-order valence-corrected chi connectivity index (χ1v) is 8.78. The van der Waals surface area contributed by atoms with Crippen LogP contribution in [0, 0.1) is 20.2 Å². The molecule has 3 rings (SSSR count). The molecule has 1 amide bonds. The van der Waals surface area contributed by atoms with Crippen LogP contribution in [0.25, 0.3) is 0 Å². The summed E-state index contributed by atoms with van der Waals surface area (Å²) in [6.45, 7) is 2.74. The maximum atomic E-state index is 12.5. The third kappa shape index (κ3) is 4.41. The Morgan fingerprint density at radius 2 is 1.76 bits per heavy atom. The second kappa shape index (κ2) is 8.52. The SMILES string of the molecule is COc1ccc(C(=O)Nc2ccc(N3CCNCC3)c([N+](=O)[O-])c2)cc1[N+](=O)[O-]. The number of anilines is 2. The fraction of sp³-hybridized carbons (Fsp3) is 0.278. The molecule has 2 N–H and O–H groups in total. The molecule has 0 radical (unpaired) electrons. The summed E-state index contributed by atoms with van der Waals surface area (Å²) >= 11 is 0. The van der Waals surface area contributed by atoms with Gasteiger partial charge in [-0.15, -0.1) is 0 Å². The molecule has 0 atom stereocenters. The van der Waals surface area contributed by atoms with Crippen LogP contribution in [-0.2, 0) is 0 Å². The molecular weight excluding hydrogens is 382 g/mol. The summed E-state index contributed by atoms with van der Waals surface area (Å²) in [7, 11) is 1.29. The molecule has 2 aromatic carbocycles. The lowest BCUT2D eigenvalue weighted by Crippen LogP contribution is -2.43. The molecule has 1 fully saturated rings. The highest BCUT2D eigenvalue weighted by Crippen LogP contribution is 2.32. The number of rotatable bonds is 6. The number of amides is 1. The molecule has 0 bridgehead atoms. The number of hydrogen-bond donors (Lipinski definition) is 2. The average Bonchev–Trinajstić information content (AvgIpc) is 2.73. The molecule has 1 heterocycles. The summed E-state index contributed by atoms with van der Waals surface area (Å²) in [4.78, 5) is 35.9. The highest BCUT2D eigenvalue weighted by molar-refractivity contribution is 6.05. The van der Waals surface area contributed by atoms with Crippen molar-refractivity contribution in [1.29, 1.82) is 0 Å². The molecule has 1 aliphatic heterocycles. The van der Waals surface area contributed by atoms with Gasteiger partial charge < -0.3 is 20.3 Å². The molecule has 0 unspecified atom stereocenters. The van der Waals surface area contributed by atoms with Gasteiger partial charge in [-0.3, -0.25) is 25.0 Å². The van der Waals surface area contributed by atoms with Crippen LogP contribution in [0.5, 0.6) is 5.75 Å².